The zero-order valence-electron chi connectivity index (χ0n) is 14.9. The molecule has 2 aromatic rings. The highest BCUT2D eigenvalue weighted by Crippen LogP contribution is 2.38. The van der Waals surface area contributed by atoms with Crippen LogP contribution in [-0.4, -0.2) is 23.4 Å². The van der Waals surface area contributed by atoms with Gasteiger partial charge in [0.2, 0.25) is 0 Å². The van der Waals surface area contributed by atoms with E-state index in [1.54, 1.807) is 6.07 Å². The molecule has 2 heterocycles. The van der Waals surface area contributed by atoms with Crippen LogP contribution in [0.5, 0.6) is 5.75 Å². The Morgan fingerprint density at radius 2 is 1.67 bits per heavy atom. The van der Waals surface area contributed by atoms with Crippen LogP contribution in [0, 0.1) is 0 Å². The summed E-state index contributed by atoms with van der Waals surface area (Å²) < 4.78 is 32.7. The van der Waals surface area contributed by atoms with E-state index in [9.17, 15) is 5.11 Å². The highest BCUT2D eigenvalue weighted by Gasteiger charge is 2.53. The summed E-state index contributed by atoms with van der Waals surface area (Å²) in [5.74, 6) is 0.0687. The topological polar surface area (TPSA) is 51.8 Å². The lowest BCUT2D eigenvalue weighted by molar-refractivity contribution is 0.00578. The lowest BCUT2D eigenvalue weighted by Crippen LogP contribution is -2.41. The van der Waals surface area contributed by atoms with E-state index in [2.05, 4.69) is 0 Å². The van der Waals surface area contributed by atoms with Gasteiger partial charge in [0.1, 0.15) is 22.5 Å². The molecule has 1 aliphatic heterocycles. The Labute approximate surface area is 140 Å². The molecule has 0 unspecified atom stereocenters. The highest BCUT2D eigenvalue weighted by atomic mass is 19.1. The average molecular weight is 332 g/mol. The Bertz CT molecular complexity index is 906. The molecule has 0 radical (unpaired) electrons. The summed E-state index contributed by atoms with van der Waals surface area (Å²) in [5.41, 5.74) is -0.0899. The molecule has 0 aliphatic carbocycles. The molecule has 0 bridgehead atoms. The van der Waals surface area contributed by atoms with Crippen LogP contribution in [0.3, 0.4) is 0 Å². The van der Waals surface area contributed by atoms with Gasteiger partial charge in [-0.05, 0) is 59.2 Å². The van der Waals surface area contributed by atoms with Gasteiger partial charge in [-0.15, -0.1) is 0 Å². The van der Waals surface area contributed by atoms with Crippen molar-refractivity contribution in [2.45, 2.75) is 52.7 Å². The fourth-order valence-electron chi connectivity index (χ4n) is 2.74. The van der Waals surface area contributed by atoms with Crippen LogP contribution in [0.15, 0.2) is 22.6 Å². The first-order valence-electron chi connectivity index (χ1n) is 7.98. The Morgan fingerprint density at radius 3 is 2.21 bits per heavy atom. The predicted molar refractivity (Wildman–Crippen MR) is 92.5 cm³/mol. The summed E-state index contributed by atoms with van der Waals surface area (Å²) in [6, 6.07) is 4.62. The molecule has 0 spiro atoms. The zero-order chi connectivity index (χ0) is 17.9. The van der Waals surface area contributed by atoms with Crippen LogP contribution in [-0.2, 0) is 9.31 Å². The quantitative estimate of drug-likeness (QED) is 0.816. The molecule has 1 aromatic carbocycles. The summed E-state index contributed by atoms with van der Waals surface area (Å²) >= 11 is 0. The van der Waals surface area contributed by atoms with E-state index in [4.69, 9.17) is 13.7 Å². The molecule has 0 amide bonds. The van der Waals surface area contributed by atoms with E-state index in [1.165, 1.54) is 12.1 Å². The largest absolute Gasteiger partial charge is 0.526 e. The van der Waals surface area contributed by atoms with Gasteiger partial charge in [0.25, 0.3) is 0 Å². The van der Waals surface area contributed by atoms with Gasteiger partial charge < -0.3 is 18.8 Å². The molecule has 3 rings (SSSR count). The van der Waals surface area contributed by atoms with Gasteiger partial charge in [-0.25, -0.2) is 4.39 Å². The third-order valence-electron chi connectivity index (χ3n) is 4.83. The number of benzene rings is 1. The van der Waals surface area contributed by atoms with E-state index in [1.807, 2.05) is 41.5 Å². The maximum Gasteiger partial charge on any atom is 0.526 e. The number of hydrogen-bond acceptors (Lipinski definition) is 4. The molecular weight excluding hydrogens is 310 g/mol. The van der Waals surface area contributed by atoms with Crippen molar-refractivity contribution in [2.75, 3.05) is 0 Å². The van der Waals surface area contributed by atoms with E-state index < -0.39 is 24.0 Å². The predicted octanol–water partition coefficient (Wildman–Crippen LogP) is 3.04. The summed E-state index contributed by atoms with van der Waals surface area (Å²) in [6.07, 6.45) is 0. The first-order chi connectivity index (χ1) is 11.0. The number of aromatic hydroxyl groups is 1. The Morgan fingerprint density at radius 1 is 1.08 bits per heavy atom. The minimum Gasteiger partial charge on any atom is -0.508 e. The molecule has 1 aromatic heterocycles. The van der Waals surface area contributed by atoms with Gasteiger partial charge in [0.05, 0.1) is 16.4 Å². The molecule has 1 N–H and O–H groups in total. The smallest absolute Gasteiger partial charge is 0.508 e. The fraction of sp³-hybridized carbons (Fsp3) is 0.444. The van der Waals surface area contributed by atoms with Crippen molar-refractivity contribution in [1.82, 2.24) is 0 Å². The van der Waals surface area contributed by atoms with Crippen LogP contribution in [0.25, 0.3) is 22.3 Å². The molecule has 1 saturated heterocycles. The third kappa shape index (κ3) is 2.54. The molecule has 1 aliphatic rings. The Kier molecular flexibility index (Phi) is 3.81. The number of rotatable bonds is 1. The standard InChI is InChI=1S/C18H22BFO4/c1-10(2)15-14(12-8-7-11(21)9-13(12)22-15)16(20)19-23-17(3,4)18(5,6)24-19/h7-9,21H,1-6H3. The molecule has 6 heteroatoms. The normalized spacial score (nSPS) is 20.5. The molecule has 4 nitrogen and oxygen atoms in total. The molecule has 24 heavy (non-hydrogen) atoms. The highest BCUT2D eigenvalue weighted by molar-refractivity contribution is 6.65. The van der Waals surface area contributed by atoms with Crippen molar-refractivity contribution >= 4 is 29.4 Å². The van der Waals surface area contributed by atoms with Gasteiger partial charge in [-0.1, -0.05) is 0 Å². The number of phenols is 1. The summed E-state index contributed by atoms with van der Waals surface area (Å²) in [4.78, 5) is 0. The number of furan rings is 1. The zero-order valence-corrected chi connectivity index (χ0v) is 14.9. The second-order valence-electron chi connectivity index (χ2n) is 7.42. The lowest BCUT2D eigenvalue weighted by atomic mass is 9.86. The van der Waals surface area contributed by atoms with E-state index in [0.717, 1.165) is 5.57 Å². The van der Waals surface area contributed by atoms with E-state index >= 15 is 4.39 Å². The summed E-state index contributed by atoms with van der Waals surface area (Å²) in [7, 11) is -1.09. The van der Waals surface area contributed by atoms with Crippen molar-refractivity contribution in [2.24, 2.45) is 0 Å². The molecule has 0 saturated carbocycles. The van der Waals surface area contributed by atoms with Crippen LogP contribution in [0.4, 0.5) is 4.39 Å². The van der Waals surface area contributed by atoms with Gasteiger partial charge in [-0.2, -0.15) is 0 Å². The fourth-order valence-corrected chi connectivity index (χ4v) is 2.74. The minimum absolute atomic E-state index is 0.0687. The second-order valence-corrected chi connectivity index (χ2v) is 7.42. The van der Waals surface area contributed by atoms with Crippen molar-refractivity contribution in [3.8, 4) is 5.75 Å². The number of halogens is 1. The SMILES string of the molecule is CC(C)=c1oc2cc(O)ccc2c1=C(F)B1OC(C)(C)C(C)(C)O1. The summed E-state index contributed by atoms with van der Waals surface area (Å²) in [6.45, 7) is 11.2. The van der Waals surface area contributed by atoms with Gasteiger partial charge in [-0.3, -0.25) is 0 Å². The van der Waals surface area contributed by atoms with Crippen molar-refractivity contribution < 1.29 is 23.2 Å². The van der Waals surface area contributed by atoms with Crippen molar-refractivity contribution in [1.29, 1.82) is 0 Å². The number of phenolic OH excluding ortho intramolecular Hbond substituents is 1. The average Bonchev–Trinajstić information content (AvgIpc) is 2.93. The number of hydrogen-bond donors (Lipinski definition) is 1. The van der Waals surface area contributed by atoms with E-state index in [0.29, 0.717) is 21.6 Å². The van der Waals surface area contributed by atoms with Gasteiger partial charge in [0, 0.05) is 11.5 Å². The molecule has 128 valence electrons. The molecule has 0 atom stereocenters. The van der Waals surface area contributed by atoms with Gasteiger partial charge in [0.15, 0.2) is 0 Å². The first kappa shape index (κ1) is 17.1. The monoisotopic (exact) mass is 332 g/mol. The maximum absolute atomic E-state index is 15.3. The molecule has 1 fully saturated rings. The Balaban J connectivity index is 2.30. The maximum atomic E-state index is 15.3. The number of fused-ring (bicyclic) bond motifs is 1. The lowest BCUT2D eigenvalue weighted by Gasteiger charge is -2.32. The molecular formula is C18H22BFO4. The second kappa shape index (κ2) is 5.36. The minimum atomic E-state index is -1.09. The van der Waals surface area contributed by atoms with Crippen molar-refractivity contribution in [3.05, 3.63) is 28.8 Å². The van der Waals surface area contributed by atoms with Gasteiger partial charge >= 0.3 is 7.12 Å². The van der Waals surface area contributed by atoms with Crippen LogP contribution in [0.2, 0.25) is 0 Å². The summed E-state index contributed by atoms with van der Waals surface area (Å²) in [5, 5.41) is 10.5. The van der Waals surface area contributed by atoms with Crippen LogP contribution >= 0.6 is 0 Å². The first-order valence-corrected chi connectivity index (χ1v) is 7.98. The van der Waals surface area contributed by atoms with E-state index in [-0.39, 0.29) is 5.75 Å². The van der Waals surface area contributed by atoms with Crippen LogP contribution in [0.1, 0.15) is 41.5 Å². The Hall–Kier alpha value is -1.79. The van der Waals surface area contributed by atoms with Crippen molar-refractivity contribution in [3.63, 3.8) is 0 Å². The van der Waals surface area contributed by atoms with Crippen LogP contribution < -0.4 is 10.6 Å². The third-order valence-corrected chi connectivity index (χ3v) is 4.83.